The van der Waals surface area contributed by atoms with Crippen molar-refractivity contribution >= 4 is 51.5 Å². The Kier molecular flexibility index (Phi) is 5.86. The van der Waals surface area contributed by atoms with Crippen molar-refractivity contribution in [3.05, 3.63) is 11.6 Å². The first-order valence-corrected chi connectivity index (χ1v) is 10.5. The van der Waals surface area contributed by atoms with Gasteiger partial charge in [0.25, 0.3) is 0 Å². The molecule has 0 bridgehead atoms. The molecule has 0 N–H and O–H groups in total. The Morgan fingerprint density at radius 1 is 0.850 bits per heavy atom. The quantitative estimate of drug-likeness (QED) is 0.550. The summed E-state index contributed by atoms with van der Waals surface area (Å²) in [5, 5.41) is 5.47. The SMILES string of the molecule is CC(C)Sc1c(SC(C)C)c2sccn2c1SC(C)C. The van der Waals surface area contributed by atoms with Gasteiger partial charge >= 0.3 is 0 Å². The molecule has 0 aliphatic carbocycles. The smallest absolute Gasteiger partial charge is 0.115 e. The number of aromatic nitrogens is 1. The highest BCUT2D eigenvalue weighted by Gasteiger charge is 2.22. The molecule has 20 heavy (non-hydrogen) atoms. The highest BCUT2D eigenvalue weighted by atomic mass is 32.2. The molecule has 0 amide bonds. The fourth-order valence-electron chi connectivity index (χ4n) is 1.92. The first kappa shape index (κ1) is 16.7. The van der Waals surface area contributed by atoms with Crippen LogP contribution in [-0.4, -0.2) is 20.2 Å². The third-order valence-corrected chi connectivity index (χ3v) is 7.05. The Labute approximate surface area is 139 Å². The van der Waals surface area contributed by atoms with Gasteiger partial charge in [0.15, 0.2) is 0 Å². The van der Waals surface area contributed by atoms with Crippen LogP contribution in [0, 0.1) is 0 Å². The van der Waals surface area contributed by atoms with E-state index in [4.69, 9.17) is 0 Å². The van der Waals surface area contributed by atoms with E-state index in [0.717, 1.165) is 0 Å². The van der Waals surface area contributed by atoms with Crippen LogP contribution < -0.4 is 0 Å². The number of hydrogen-bond donors (Lipinski definition) is 0. The van der Waals surface area contributed by atoms with Crippen molar-refractivity contribution in [1.29, 1.82) is 0 Å². The third-order valence-electron chi connectivity index (χ3n) is 2.48. The van der Waals surface area contributed by atoms with E-state index < -0.39 is 0 Å². The van der Waals surface area contributed by atoms with Gasteiger partial charge in [-0.3, -0.25) is 0 Å². The Morgan fingerprint density at radius 2 is 1.40 bits per heavy atom. The van der Waals surface area contributed by atoms with Gasteiger partial charge in [0.1, 0.15) is 4.83 Å². The lowest BCUT2D eigenvalue weighted by atomic mass is 10.6. The zero-order chi connectivity index (χ0) is 14.9. The van der Waals surface area contributed by atoms with Gasteiger partial charge in [-0.25, -0.2) is 0 Å². The molecule has 1 nitrogen and oxygen atoms in total. The van der Waals surface area contributed by atoms with E-state index in [-0.39, 0.29) is 0 Å². The van der Waals surface area contributed by atoms with Crippen molar-refractivity contribution in [3.8, 4) is 0 Å². The molecule has 0 aromatic carbocycles. The maximum atomic E-state index is 2.39. The summed E-state index contributed by atoms with van der Waals surface area (Å²) in [6.45, 7) is 13.7. The van der Waals surface area contributed by atoms with E-state index >= 15 is 0 Å². The number of hydrogen-bond acceptors (Lipinski definition) is 4. The Balaban J connectivity index is 2.56. The topological polar surface area (TPSA) is 4.41 Å². The van der Waals surface area contributed by atoms with Crippen molar-refractivity contribution in [1.82, 2.24) is 4.40 Å². The average molecular weight is 346 g/mol. The van der Waals surface area contributed by atoms with Gasteiger partial charge in [0.2, 0.25) is 0 Å². The van der Waals surface area contributed by atoms with E-state index in [2.05, 4.69) is 57.5 Å². The summed E-state index contributed by atoms with van der Waals surface area (Å²) in [6, 6.07) is 0. The maximum absolute atomic E-state index is 2.39. The van der Waals surface area contributed by atoms with Crippen molar-refractivity contribution in [2.24, 2.45) is 0 Å². The van der Waals surface area contributed by atoms with Crippen LogP contribution in [-0.2, 0) is 0 Å². The van der Waals surface area contributed by atoms with Gasteiger partial charge < -0.3 is 4.40 Å². The standard InChI is InChI=1S/C15H23NS4/c1-9(2)18-12-13(19-10(3)4)15(20-11(5)6)16-7-8-17-14(12)16/h7-11H,1-6H3. The van der Waals surface area contributed by atoms with Crippen molar-refractivity contribution < 1.29 is 0 Å². The molecule has 0 fully saturated rings. The molecule has 5 heteroatoms. The lowest BCUT2D eigenvalue weighted by molar-refractivity contribution is 0.979. The third kappa shape index (κ3) is 3.73. The van der Waals surface area contributed by atoms with Crippen LogP contribution in [0.3, 0.4) is 0 Å². The number of thiazole rings is 1. The van der Waals surface area contributed by atoms with Gasteiger partial charge in [-0.2, -0.15) is 0 Å². The first-order valence-electron chi connectivity index (χ1n) is 7.01. The van der Waals surface area contributed by atoms with Crippen LogP contribution in [0.5, 0.6) is 0 Å². The Morgan fingerprint density at radius 3 is 1.95 bits per heavy atom. The van der Waals surface area contributed by atoms with Crippen molar-refractivity contribution in [3.63, 3.8) is 0 Å². The number of rotatable bonds is 6. The van der Waals surface area contributed by atoms with Crippen LogP contribution in [0.1, 0.15) is 41.5 Å². The molecule has 2 rings (SSSR count). The molecule has 2 heterocycles. The van der Waals surface area contributed by atoms with E-state index in [1.165, 1.54) is 19.6 Å². The van der Waals surface area contributed by atoms with Gasteiger partial charge in [0.05, 0.1) is 14.8 Å². The number of fused-ring (bicyclic) bond motifs is 1. The predicted octanol–water partition coefficient (Wildman–Crippen LogP) is 6.50. The lowest BCUT2D eigenvalue weighted by Crippen LogP contribution is -1.93. The van der Waals surface area contributed by atoms with Crippen LogP contribution in [0.15, 0.2) is 26.4 Å². The van der Waals surface area contributed by atoms with Crippen LogP contribution in [0.25, 0.3) is 4.83 Å². The van der Waals surface area contributed by atoms with Crippen LogP contribution in [0.4, 0.5) is 0 Å². The average Bonchev–Trinajstić information content (AvgIpc) is 2.85. The fourth-order valence-corrected chi connectivity index (χ4v) is 6.43. The highest BCUT2D eigenvalue weighted by Crippen LogP contribution is 2.47. The Hall–Kier alpha value is 0.290. The van der Waals surface area contributed by atoms with E-state index in [0.29, 0.717) is 15.7 Å². The molecule has 0 unspecified atom stereocenters. The second-order valence-electron chi connectivity index (χ2n) is 5.54. The second-order valence-corrected chi connectivity index (χ2v) is 11.2. The predicted molar refractivity (Wildman–Crippen MR) is 98.3 cm³/mol. The number of thioether (sulfide) groups is 3. The molecule has 0 saturated carbocycles. The van der Waals surface area contributed by atoms with E-state index in [1.807, 2.05) is 46.6 Å². The van der Waals surface area contributed by atoms with E-state index in [9.17, 15) is 0 Å². The van der Waals surface area contributed by atoms with E-state index in [1.54, 1.807) is 0 Å². The summed E-state index contributed by atoms with van der Waals surface area (Å²) in [5.74, 6) is 0. The second kappa shape index (κ2) is 7.03. The lowest BCUT2D eigenvalue weighted by Gasteiger charge is -2.12. The summed E-state index contributed by atoms with van der Waals surface area (Å²) >= 11 is 7.86. The van der Waals surface area contributed by atoms with Gasteiger partial charge in [-0.05, 0) is 0 Å². The molecular formula is C15H23NS4. The molecule has 0 atom stereocenters. The zero-order valence-corrected chi connectivity index (χ0v) is 16.2. The Bertz CT molecular complexity index is 523. The first-order chi connectivity index (χ1) is 9.40. The van der Waals surface area contributed by atoms with Gasteiger partial charge in [0, 0.05) is 27.3 Å². The molecule has 2 aromatic rings. The monoisotopic (exact) mass is 345 g/mol. The summed E-state index contributed by atoms with van der Waals surface area (Å²) in [4.78, 5) is 4.39. The van der Waals surface area contributed by atoms with Crippen molar-refractivity contribution in [2.45, 2.75) is 72.1 Å². The number of nitrogens with zero attached hydrogens (tertiary/aromatic N) is 1. The summed E-state index contributed by atoms with van der Waals surface area (Å²) in [7, 11) is 0. The van der Waals surface area contributed by atoms with Crippen molar-refractivity contribution in [2.75, 3.05) is 0 Å². The van der Waals surface area contributed by atoms with Gasteiger partial charge in [-0.1, -0.05) is 41.5 Å². The minimum atomic E-state index is 0.608. The molecule has 0 radical (unpaired) electrons. The molecule has 0 aliphatic rings. The highest BCUT2D eigenvalue weighted by molar-refractivity contribution is 8.04. The normalized spacial score (nSPS) is 12.4. The largest absolute Gasteiger partial charge is 0.300 e. The summed E-state index contributed by atoms with van der Waals surface area (Å²) in [6.07, 6.45) is 2.22. The minimum Gasteiger partial charge on any atom is -0.300 e. The summed E-state index contributed by atoms with van der Waals surface area (Å²) in [5.41, 5.74) is 0. The minimum absolute atomic E-state index is 0.608. The van der Waals surface area contributed by atoms with Crippen LogP contribution >= 0.6 is 46.6 Å². The van der Waals surface area contributed by atoms with Crippen LogP contribution in [0.2, 0.25) is 0 Å². The fraction of sp³-hybridized carbons (Fsp3) is 0.600. The molecule has 0 spiro atoms. The zero-order valence-electron chi connectivity index (χ0n) is 13.0. The maximum Gasteiger partial charge on any atom is 0.115 e. The molecule has 0 aliphatic heterocycles. The molecule has 112 valence electrons. The summed E-state index contributed by atoms with van der Waals surface area (Å²) < 4.78 is 2.39. The molecule has 2 aromatic heterocycles. The van der Waals surface area contributed by atoms with Gasteiger partial charge in [-0.15, -0.1) is 46.6 Å². The molecular weight excluding hydrogens is 322 g/mol. The molecule has 0 saturated heterocycles.